The Balaban J connectivity index is 1.10. The number of carbonyl (C=O) groups excluding carboxylic acids is 1. The second kappa shape index (κ2) is 14.3. The number of urea groups is 1. The number of amides is 2. The first-order valence-electron chi connectivity index (χ1n) is 16.7. The second-order valence-electron chi connectivity index (χ2n) is 13.4. The van der Waals surface area contributed by atoms with Crippen LogP contribution in [0.15, 0.2) is 96.0 Å². The summed E-state index contributed by atoms with van der Waals surface area (Å²) in [6, 6.07) is 25.8. The zero-order chi connectivity index (χ0) is 35.7. The van der Waals surface area contributed by atoms with Crippen molar-refractivity contribution in [3.63, 3.8) is 0 Å². The molecular formula is C38H38ClN7O4S. The molecule has 0 bridgehead atoms. The summed E-state index contributed by atoms with van der Waals surface area (Å²) in [4.78, 5) is 14.6. The molecule has 3 aromatic heterocycles. The Bertz CT molecular complexity index is 2210. The van der Waals surface area contributed by atoms with Crippen LogP contribution in [0.4, 0.5) is 10.6 Å². The molecule has 2 atom stereocenters. The lowest BCUT2D eigenvalue weighted by atomic mass is 9.85. The number of fused-ring (bicyclic) bond motifs is 2. The van der Waals surface area contributed by atoms with Crippen LogP contribution in [0.1, 0.15) is 62.6 Å². The van der Waals surface area contributed by atoms with Gasteiger partial charge in [-0.05, 0) is 60.4 Å². The first kappa shape index (κ1) is 34.4. The van der Waals surface area contributed by atoms with E-state index in [9.17, 15) is 15.0 Å². The molecule has 0 saturated carbocycles. The topological polar surface area (TPSA) is 139 Å². The van der Waals surface area contributed by atoms with Crippen LogP contribution in [0.5, 0.6) is 11.5 Å². The Morgan fingerprint density at radius 1 is 1.00 bits per heavy atom. The number of halogens is 1. The van der Waals surface area contributed by atoms with Crippen molar-refractivity contribution in [1.29, 1.82) is 0 Å². The summed E-state index contributed by atoms with van der Waals surface area (Å²) in [5.74, 6) is 2.39. The smallest absolute Gasteiger partial charge is 0.320 e. The molecule has 1 aliphatic rings. The number of pyridine rings is 1. The molecule has 7 rings (SSSR count). The molecule has 0 radical (unpaired) electrons. The average Bonchev–Trinajstić information content (AvgIpc) is 3.74. The number of aliphatic hydroxyl groups is 1. The molecule has 51 heavy (non-hydrogen) atoms. The highest BCUT2D eigenvalue weighted by Gasteiger charge is 2.30. The molecule has 0 spiro atoms. The number of thioether (sulfide) groups is 1. The predicted molar refractivity (Wildman–Crippen MR) is 199 cm³/mol. The van der Waals surface area contributed by atoms with Crippen LogP contribution >= 0.6 is 23.4 Å². The Hall–Kier alpha value is -5.04. The number of nitrogens with one attached hydrogen (secondary N) is 2. The molecule has 262 valence electrons. The van der Waals surface area contributed by atoms with E-state index < -0.39 is 0 Å². The summed E-state index contributed by atoms with van der Waals surface area (Å²) in [5, 5.41) is 39.3. The lowest BCUT2D eigenvalue weighted by molar-refractivity contribution is 0.171. The van der Waals surface area contributed by atoms with Crippen molar-refractivity contribution in [2.24, 2.45) is 0 Å². The molecule has 6 aromatic rings. The maximum absolute atomic E-state index is 13.6. The Morgan fingerprint density at radius 2 is 1.78 bits per heavy atom. The van der Waals surface area contributed by atoms with Gasteiger partial charge in [0.25, 0.3) is 0 Å². The van der Waals surface area contributed by atoms with E-state index in [0.29, 0.717) is 47.3 Å². The number of nitrogens with zero attached hydrogens (tertiary/aromatic N) is 5. The van der Waals surface area contributed by atoms with E-state index in [0.717, 1.165) is 27.3 Å². The first-order chi connectivity index (χ1) is 24.6. The van der Waals surface area contributed by atoms with E-state index >= 15 is 0 Å². The standard InChI is InChI=1S/C38H38ClN7O4S/c1-38(2,3)33-21-35(46(44-33)23-12-15-30(48)28(39)20-23)41-37(49)40-29-14-16-31(26-9-5-4-8-25(26)29)50-24-13-17-34-42-43-36(45(34)22-24)27-10-6-7-11-32(27)51-19-18-47/h4-13,15,17,20-22,29,31,47-48H,14,16,18-19H2,1-3H3,(H2,40,41,49)/t29-,31-/m0/s1. The molecule has 3 heterocycles. The van der Waals surface area contributed by atoms with Crippen molar-refractivity contribution in [3.05, 3.63) is 113 Å². The minimum absolute atomic E-state index is 0.0339. The zero-order valence-electron chi connectivity index (χ0n) is 28.4. The molecule has 13 heteroatoms. The third kappa shape index (κ3) is 7.25. The van der Waals surface area contributed by atoms with Gasteiger partial charge in [-0.3, -0.25) is 9.72 Å². The van der Waals surface area contributed by atoms with Crippen LogP contribution in [0.25, 0.3) is 22.7 Å². The highest BCUT2D eigenvalue weighted by atomic mass is 35.5. The monoisotopic (exact) mass is 723 g/mol. The number of hydrogen-bond acceptors (Lipinski definition) is 8. The summed E-state index contributed by atoms with van der Waals surface area (Å²) >= 11 is 7.79. The van der Waals surface area contributed by atoms with Gasteiger partial charge in [0.1, 0.15) is 23.4 Å². The Labute approximate surface area is 304 Å². The van der Waals surface area contributed by atoms with Gasteiger partial charge in [0, 0.05) is 27.7 Å². The van der Waals surface area contributed by atoms with E-state index in [1.807, 2.05) is 98.1 Å². The van der Waals surface area contributed by atoms with E-state index in [-0.39, 0.29) is 41.0 Å². The van der Waals surface area contributed by atoms with Crippen LogP contribution in [0, 0.1) is 0 Å². The van der Waals surface area contributed by atoms with E-state index in [1.165, 1.54) is 6.07 Å². The normalized spacial score (nSPS) is 15.8. The third-order valence-electron chi connectivity index (χ3n) is 8.77. The lowest BCUT2D eigenvalue weighted by Crippen LogP contribution is -2.36. The highest BCUT2D eigenvalue weighted by molar-refractivity contribution is 7.99. The maximum Gasteiger partial charge on any atom is 0.320 e. The number of phenols is 1. The van der Waals surface area contributed by atoms with Gasteiger partial charge < -0.3 is 20.3 Å². The van der Waals surface area contributed by atoms with Crippen molar-refractivity contribution >= 4 is 40.9 Å². The Morgan fingerprint density at radius 3 is 2.57 bits per heavy atom. The predicted octanol–water partition coefficient (Wildman–Crippen LogP) is 8.10. The molecule has 0 saturated heterocycles. The fraction of sp³-hybridized carbons (Fsp3) is 0.263. The summed E-state index contributed by atoms with van der Waals surface area (Å²) < 4.78 is 10.2. The largest absolute Gasteiger partial charge is 0.506 e. The van der Waals surface area contributed by atoms with Crippen LogP contribution in [0.2, 0.25) is 5.02 Å². The number of anilines is 1. The molecule has 1 aliphatic carbocycles. The minimum atomic E-state index is -0.372. The molecule has 3 aromatic carbocycles. The number of aliphatic hydroxyl groups excluding tert-OH is 1. The number of rotatable bonds is 9. The fourth-order valence-electron chi connectivity index (χ4n) is 6.22. The van der Waals surface area contributed by atoms with E-state index in [2.05, 4.69) is 20.8 Å². The summed E-state index contributed by atoms with van der Waals surface area (Å²) in [6.07, 6.45) is 3.01. The Kier molecular flexibility index (Phi) is 9.65. The highest BCUT2D eigenvalue weighted by Crippen LogP contribution is 2.39. The molecule has 2 amide bonds. The van der Waals surface area contributed by atoms with E-state index in [4.69, 9.17) is 21.4 Å². The van der Waals surface area contributed by atoms with Crippen molar-refractivity contribution in [2.45, 2.75) is 56.1 Å². The van der Waals surface area contributed by atoms with Gasteiger partial charge in [0.2, 0.25) is 0 Å². The van der Waals surface area contributed by atoms with Gasteiger partial charge in [-0.1, -0.05) is 74.8 Å². The van der Waals surface area contributed by atoms with Crippen molar-refractivity contribution in [3.8, 4) is 28.6 Å². The number of benzene rings is 3. The van der Waals surface area contributed by atoms with Gasteiger partial charge in [-0.25, -0.2) is 9.48 Å². The maximum atomic E-state index is 13.6. The van der Waals surface area contributed by atoms with E-state index in [1.54, 1.807) is 28.6 Å². The molecule has 11 nitrogen and oxygen atoms in total. The quantitative estimate of drug-likeness (QED) is 0.110. The number of carbonyl (C=O) groups is 1. The summed E-state index contributed by atoms with van der Waals surface area (Å²) in [6.45, 7) is 6.23. The van der Waals surface area contributed by atoms with Crippen LogP contribution in [0.3, 0.4) is 0 Å². The van der Waals surface area contributed by atoms with Crippen LogP contribution in [-0.2, 0) is 5.41 Å². The SMILES string of the molecule is CC(C)(C)c1cc(NC(=O)N[C@H]2CC[C@H](Oc3ccc4nnc(-c5ccccc5SCCO)n4c3)c3ccccc32)n(-c2ccc(O)c(Cl)c2)n1. The molecule has 0 aliphatic heterocycles. The number of aromatic nitrogens is 5. The van der Waals surface area contributed by atoms with Gasteiger partial charge in [0.05, 0.1) is 35.2 Å². The first-order valence-corrected chi connectivity index (χ1v) is 18.1. The van der Waals surface area contributed by atoms with Gasteiger partial charge in [-0.2, -0.15) is 5.10 Å². The number of phenolic OH excluding ortho intramolecular Hbond substituents is 1. The lowest BCUT2D eigenvalue weighted by Gasteiger charge is -2.32. The van der Waals surface area contributed by atoms with Crippen molar-refractivity contribution < 1.29 is 19.7 Å². The van der Waals surface area contributed by atoms with Gasteiger partial charge in [-0.15, -0.1) is 22.0 Å². The third-order valence-corrected chi connectivity index (χ3v) is 10.1. The number of hydrogen-bond donors (Lipinski definition) is 4. The van der Waals surface area contributed by atoms with Gasteiger partial charge >= 0.3 is 6.03 Å². The molecular weight excluding hydrogens is 686 g/mol. The number of aromatic hydroxyl groups is 1. The molecule has 0 fully saturated rings. The minimum Gasteiger partial charge on any atom is -0.506 e. The average molecular weight is 724 g/mol. The fourth-order valence-corrected chi connectivity index (χ4v) is 7.19. The zero-order valence-corrected chi connectivity index (χ0v) is 29.9. The molecule has 4 N–H and O–H groups in total. The van der Waals surface area contributed by atoms with Crippen LogP contribution in [-0.4, -0.2) is 53.0 Å². The second-order valence-corrected chi connectivity index (χ2v) is 14.9. The van der Waals surface area contributed by atoms with Crippen LogP contribution < -0.4 is 15.4 Å². The van der Waals surface area contributed by atoms with Gasteiger partial charge in [0.15, 0.2) is 11.5 Å². The van der Waals surface area contributed by atoms with Crippen molar-refractivity contribution in [2.75, 3.05) is 17.7 Å². The summed E-state index contributed by atoms with van der Waals surface area (Å²) in [7, 11) is 0. The molecule has 0 unspecified atom stereocenters. The summed E-state index contributed by atoms with van der Waals surface area (Å²) in [5.41, 5.74) is 4.73. The van der Waals surface area contributed by atoms with Crippen molar-refractivity contribution in [1.82, 2.24) is 29.7 Å². The number of ether oxygens (including phenoxy) is 1.